The Morgan fingerprint density at radius 1 is 0.542 bits per heavy atom. The van der Waals surface area contributed by atoms with E-state index in [1.54, 1.807) is 24.9 Å². The van der Waals surface area contributed by atoms with Gasteiger partial charge in [-0.05, 0) is 29.3 Å². The molecule has 4 heteroatoms. The number of hydrogen-bond donors (Lipinski definition) is 0. The smallest absolute Gasteiger partial charge is 0.159 e. The highest BCUT2D eigenvalue weighted by atomic mass is 14.8. The molecule has 0 aliphatic heterocycles. The van der Waals surface area contributed by atoms with Gasteiger partial charge in [0.15, 0.2) is 5.82 Å². The number of nitrogens with zero attached hydrogens (tertiary/aromatic N) is 4. The fraction of sp³-hybridized carbons (Fsp3) is 0. The van der Waals surface area contributed by atoms with E-state index >= 15 is 0 Å². The molecule has 0 fully saturated rings. The van der Waals surface area contributed by atoms with E-state index in [0.717, 1.165) is 33.8 Å². The third kappa shape index (κ3) is 2.90. The minimum absolute atomic E-state index is 0.735. The molecule has 0 spiro atoms. The van der Waals surface area contributed by atoms with Crippen molar-refractivity contribution in [3.8, 4) is 33.8 Å². The summed E-state index contributed by atoms with van der Waals surface area (Å²) in [5.41, 5.74) is 5.29. The van der Waals surface area contributed by atoms with Crippen LogP contribution in [0.2, 0.25) is 0 Å². The van der Waals surface area contributed by atoms with Crippen LogP contribution in [-0.4, -0.2) is 19.9 Å². The molecule has 4 nitrogen and oxygen atoms in total. The first-order chi connectivity index (χ1) is 11.9. The summed E-state index contributed by atoms with van der Waals surface area (Å²) in [7, 11) is 0. The average Bonchev–Trinajstić information content (AvgIpc) is 2.70. The Labute approximate surface area is 139 Å². The van der Waals surface area contributed by atoms with Crippen LogP contribution in [-0.2, 0) is 0 Å². The Morgan fingerprint density at radius 2 is 1.29 bits per heavy atom. The van der Waals surface area contributed by atoms with Gasteiger partial charge in [-0.3, -0.25) is 0 Å². The van der Waals surface area contributed by atoms with Crippen LogP contribution in [0.1, 0.15) is 0 Å². The van der Waals surface area contributed by atoms with E-state index in [2.05, 4.69) is 50.3 Å². The van der Waals surface area contributed by atoms with E-state index in [-0.39, 0.29) is 0 Å². The molecule has 0 amide bonds. The van der Waals surface area contributed by atoms with Crippen molar-refractivity contribution in [2.24, 2.45) is 0 Å². The van der Waals surface area contributed by atoms with E-state index in [1.807, 2.05) is 30.3 Å². The average molecular weight is 310 g/mol. The van der Waals surface area contributed by atoms with Gasteiger partial charge in [0.1, 0.15) is 6.33 Å². The maximum Gasteiger partial charge on any atom is 0.159 e. The number of rotatable bonds is 3. The van der Waals surface area contributed by atoms with Crippen LogP contribution in [0.3, 0.4) is 0 Å². The third-order valence-corrected chi connectivity index (χ3v) is 3.78. The molecule has 0 aliphatic rings. The highest BCUT2D eigenvalue weighted by Gasteiger charge is 2.04. The Balaban J connectivity index is 1.67. The minimum atomic E-state index is 0.735. The first-order valence-electron chi connectivity index (χ1n) is 7.64. The van der Waals surface area contributed by atoms with Crippen molar-refractivity contribution >= 4 is 0 Å². The van der Waals surface area contributed by atoms with Crippen molar-refractivity contribution in [2.75, 3.05) is 0 Å². The molecule has 4 aromatic rings. The Bertz CT molecular complexity index is 936. The van der Waals surface area contributed by atoms with Gasteiger partial charge in [-0.15, -0.1) is 0 Å². The predicted octanol–water partition coefficient (Wildman–Crippen LogP) is 4.27. The van der Waals surface area contributed by atoms with Gasteiger partial charge >= 0.3 is 0 Å². The molecule has 0 unspecified atom stereocenters. The molecule has 2 aromatic heterocycles. The molecule has 0 atom stereocenters. The maximum absolute atomic E-state index is 4.31. The monoisotopic (exact) mass is 310 g/mol. The summed E-state index contributed by atoms with van der Waals surface area (Å²) in [5, 5.41) is 0. The first kappa shape index (κ1) is 14.2. The summed E-state index contributed by atoms with van der Waals surface area (Å²) < 4.78 is 0. The zero-order valence-corrected chi connectivity index (χ0v) is 12.9. The molecule has 24 heavy (non-hydrogen) atoms. The molecule has 0 saturated heterocycles. The summed E-state index contributed by atoms with van der Waals surface area (Å²) in [6.45, 7) is 0. The summed E-state index contributed by atoms with van der Waals surface area (Å²) in [6.07, 6.45) is 6.82. The minimum Gasteiger partial charge on any atom is -0.245 e. The zero-order valence-electron chi connectivity index (χ0n) is 12.9. The predicted molar refractivity (Wildman–Crippen MR) is 93.9 cm³/mol. The Morgan fingerprint density at radius 3 is 2.04 bits per heavy atom. The standard InChI is InChI=1S/C20H14N4/c1-3-17(13-18(4-1)19-9-12-21-14-24-19)15-5-7-16(8-6-15)20-22-10-2-11-23-20/h1-14H. The molecule has 0 aliphatic carbocycles. The lowest BCUT2D eigenvalue weighted by atomic mass is 10.0. The molecule has 0 saturated carbocycles. The maximum atomic E-state index is 4.31. The van der Waals surface area contributed by atoms with Crippen molar-refractivity contribution in [1.82, 2.24) is 19.9 Å². The highest BCUT2D eigenvalue weighted by molar-refractivity contribution is 5.72. The quantitative estimate of drug-likeness (QED) is 0.567. The molecular formula is C20H14N4. The summed E-state index contributed by atoms with van der Waals surface area (Å²) in [4.78, 5) is 16.8. The fourth-order valence-corrected chi connectivity index (χ4v) is 2.58. The first-order valence-corrected chi connectivity index (χ1v) is 7.64. The van der Waals surface area contributed by atoms with Crippen LogP contribution in [0, 0.1) is 0 Å². The lowest BCUT2D eigenvalue weighted by Crippen LogP contribution is -1.87. The van der Waals surface area contributed by atoms with Gasteiger partial charge in [0.05, 0.1) is 5.69 Å². The largest absolute Gasteiger partial charge is 0.245 e. The molecule has 114 valence electrons. The van der Waals surface area contributed by atoms with Crippen molar-refractivity contribution in [3.05, 3.63) is 85.6 Å². The van der Waals surface area contributed by atoms with Crippen molar-refractivity contribution in [2.45, 2.75) is 0 Å². The molecule has 4 rings (SSSR count). The Hall–Kier alpha value is -3.40. The van der Waals surface area contributed by atoms with Gasteiger partial charge in [0, 0.05) is 29.7 Å². The second kappa shape index (κ2) is 6.38. The van der Waals surface area contributed by atoms with Crippen molar-refractivity contribution in [3.63, 3.8) is 0 Å². The van der Waals surface area contributed by atoms with Crippen LogP contribution in [0.5, 0.6) is 0 Å². The van der Waals surface area contributed by atoms with E-state index in [0.29, 0.717) is 0 Å². The zero-order chi connectivity index (χ0) is 16.2. The summed E-state index contributed by atoms with van der Waals surface area (Å²) in [5.74, 6) is 0.735. The van der Waals surface area contributed by atoms with E-state index in [1.165, 1.54) is 0 Å². The van der Waals surface area contributed by atoms with Crippen LogP contribution >= 0.6 is 0 Å². The van der Waals surface area contributed by atoms with Crippen LogP contribution in [0.15, 0.2) is 85.6 Å². The molecule has 0 radical (unpaired) electrons. The lowest BCUT2D eigenvalue weighted by molar-refractivity contribution is 1.17. The number of benzene rings is 2. The van der Waals surface area contributed by atoms with Gasteiger partial charge in [-0.2, -0.15) is 0 Å². The second-order valence-electron chi connectivity index (χ2n) is 5.33. The molecule has 0 bridgehead atoms. The van der Waals surface area contributed by atoms with Crippen LogP contribution < -0.4 is 0 Å². The molecule has 2 aromatic carbocycles. The molecule has 0 N–H and O–H groups in total. The topological polar surface area (TPSA) is 51.6 Å². The van der Waals surface area contributed by atoms with Crippen LogP contribution in [0.4, 0.5) is 0 Å². The third-order valence-electron chi connectivity index (χ3n) is 3.78. The summed E-state index contributed by atoms with van der Waals surface area (Å²) in [6, 6.07) is 20.3. The molecule has 2 heterocycles. The lowest BCUT2D eigenvalue weighted by Gasteiger charge is -2.06. The fourth-order valence-electron chi connectivity index (χ4n) is 2.58. The number of aromatic nitrogens is 4. The van der Waals surface area contributed by atoms with Gasteiger partial charge < -0.3 is 0 Å². The van der Waals surface area contributed by atoms with Crippen molar-refractivity contribution in [1.29, 1.82) is 0 Å². The molecular weight excluding hydrogens is 296 g/mol. The Kier molecular flexibility index (Phi) is 3.78. The van der Waals surface area contributed by atoms with E-state index in [9.17, 15) is 0 Å². The SMILES string of the molecule is c1cnc(-c2ccc(-c3cccc(-c4ccncn4)c3)cc2)nc1. The van der Waals surface area contributed by atoms with Gasteiger partial charge in [0.25, 0.3) is 0 Å². The van der Waals surface area contributed by atoms with Gasteiger partial charge in [-0.25, -0.2) is 19.9 Å². The van der Waals surface area contributed by atoms with Gasteiger partial charge in [0.2, 0.25) is 0 Å². The summed E-state index contributed by atoms with van der Waals surface area (Å²) >= 11 is 0. The van der Waals surface area contributed by atoms with E-state index < -0.39 is 0 Å². The highest BCUT2D eigenvalue weighted by Crippen LogP contribution is 2.26. The van der Waals surface area contributed by atoms with Crippen LogP contribution in [0.25, 0.3) is 33.8 Å². The van der Waals surface area contributed by atoms with E-state index in [4.69, 9.17) is 0 Å². The second-order valence-corrected chi connectivity index (χ2v) is 5.33. The normalized spacial score (nSPS) is 10.5. The van der Waals surface area contributed by atoms with Crippen molar-refractivity contribution < 1.29 is 0 Å². The number of hydrogen-bond acceptors (Lipinski definition) is 4. The van der Waals surface area contributed by atoms with Gasteiger partial charge in [-0.1, -0.05) is 42.5 Å².